The van der Waals surface area contributed by atoms with Crippen LogP contribution in [0.4, 0.5) is 5.69 Å². The molecule has 3 rings (SSSR count). The maximum atomic E-state index is 12.7. The lowest BCUT2D eigenvalue weighted by Gasteiger charge is -2.25. The van der Waals surface area contributed by atoms with Gasteiger partial charge in [0.2, 0.25) is 11.8 Å². The summed E-state index contributed by atoms with van der Waals surface area (Å²) in [6.45, 7) is 0. The number of aliphatic carboxylic acids is 1. The minimum atomic E-state index is -0.826. The zero-order valence-corrected chi connectivity index (χ0v) is 15.5. The first-order valence-electron chi connectivity index (χ1n) is 9.04. The van der Waals surface area contributed by atoms with Crippen LogP contribution in [0, 0.1) is 5.92 Å². The molecule has 140 valence electrons. The Balaban J connectivity index is 1.58. The lowest BCUT2D eigenvalue weighted by atomic mass is 10.1. The number of aryl methyl sites for hydroxylation is 1. The van der Waals surface area contributed by atoms with E-state index in [1.165, 1.54) is 0 Å². The predicted molar refractivity (Wildman–Crippen MR) is 101 cm³/mol. The molecule has 1 saturated carbocycles. The largest absolute Gasteiger partial charge is 0.481 e. The first kappa shape index (κ1) is 18.8. The van der Waals surface area contributed by atoms with E-state index in [2.05, 4.69) is 5.32 Å². The number of carbonyl (C=O) groups excluding carboxylic acids is 2. The normalized spacial score (nSPS) is 20.3. The number of thioether (sulfide) groups is 1. The number of nitrogens with zero attached hydrogens (tertiary/aromatic N) is 1. The SMILES string of the molecule is O=C(O)CCc1ccc(NC(=O)C2CSCN2C(=O)C2CCCC2)cc1. The van der Waals surface area contributed by atoms with Crippen molar-refractivity contribution in [3.05, 3.63) is 29.8 Å². The number of hydrogen-bond acceptors (Lipinski definition) is 4. The van der Waals surface area contributed by atoms with Gasteiger partial charge >= 0.3 is 5.97 Å². The van der Waals surface area contributed by atoms with Crippen molar-refractivity contribution < 1.29 is 19.5 Å². The highest BCUT2D eigenvalue weighted by atomic mass is 32.2. The van der Waals surface area contributed by atoms with E-state index in [0.717, 1.165) is 31.2 Å². The van der Waals surface area contributed by atoms with Crippen molar-refractivity contribution in [3.8, 4) is 0 Å². The van der Waals surface area contributed by atoms with Gasteiger partial charge in [-0.2, -0.15) is 0 Å². The summed E-state index contributed by atoms with van der Waals surface area (Å²) in [6.07, 6.45) is 4.62. The number of rotatable bonds is 6. The van der Waals surface area contributed by atoms with Gasteiger partial charge in [-0.15, -0.1) is 11.8 Å². The van der Waals surface area contributed by atoms with Crippen LogP contribution >= 0.6 is 11.8 Å². The Labute approximate surface area is 157 Å². The van der Waals surface area contributed by atoms with Crippen LogP contribution in [0.1, 0.15) is 37.7 Å². The number of carbonyl (C=O) groups is 3. The number of carboxylic acid groups (broad SMARTS) is 1. The summed E-state index contributed by atoms with van der Waals surface area (Å²) in [4.78, 5) is 37.7. The molecule has 1 heterocycles. The number of nitrogens with one attached hydrogen (secondary N) is 1. The molecule has 2 fully saturated rings. The van der Waals surface area contributed by atoms with Crippen LogP contribution in [0.5, 0.6) is 0 Å². The molecule has 1 aromatic carbocycles. The highest BCUT2D eigenvalue weighted by Gasteiger charge is 2.38. The van der Waals surface area contributed by atoms with E-state index >= 15 is 0 Å². The Kier molecular flexibility index (Phi) is 6.19. The average Bonchev–Trinajstić information content (AvgIpc) is 3.32. The monoisotopic (exact) mass is 376 g/mol. The lowest BCUT2D eigenvalue weighted by molar-refractivity contribution is -0.139. The van der Waals surface area contributed by atoms with E-state index in [1.807, 2.05) is 12.1 Å². The van der Waals surface area contributed by atoms with E-state index in [0.29, 0.717) is 23.7 Å². The zero-order valence-electron chi connectivity index (χ0n) is 14.6. The van der Waals surface area contributed by atoms with Gasteiger partial charge in [-0.05, 0) is 37.0 Å². The van der Waals surface area contributed by atoms with E-state index < -0.39 is 12.0 Å². The minimum Gasteiger partial charge on any atom is -0.481 e. The van der Waals surface area contributed by atoms with Gasteiger partial charge in [-0.25, -0.2) is 0 Å². The van der Waals surface area contributed by atoms with Gasteiger partial charge < -0.3 is 15.3 Å². The van der Waals surface area contributed by atoms with Gasteiger partial charge in [0.1, 0.15) is 6.04 Å². The summed E-state index contributed by atoms with van der Waals surface area (Å²) < 4.78 is 0. The Morgan fingerprint density at radius 3 is 2.50 bits per heavy atom. The summed E-state index contributed by atoms with van der Waals surface area (Å²) in [5.41, 5.74) is 1.58. The molecular weight excluding hydrogens is 352 g/mol. The van der Waals surface area contributed by atoms with Crippen LogP contribution in [0.3, 0.4) is 0 Å². The van der Waals surface area contributed by atoms with Gasteiger partial charge in [0.05, 0.1) is 5.88 Å². The highest BCUT2D eigenvalue weighted by molar-refractivity contribution is 7.99. The number of hydrogen-bond donors (Lipinski definition) is 2. The predicted octanol–water partition coefficient (Wildman–Crippen LogP) is 2.73. The zero-order chi connectivity index (χ0) is 18.5. The van der Waals surface area contributed by atoms with Crippen molar-refractivity contribution in [1.82, 2.24) is 4.90 Å². The van der Waals surface area contributed by atoms with Gasteiger partial charge in [-0.1, -0.05) is 25.0 Å². The van der Waals surface area contributed by atoms with Gasteiger partial charge in [0.25, 0.3) is 0 Å². The summed E-state index contributed by atoms with van der Waals surface area (Å²) in [7, 11) is 0. The standard InChI is InChI=1S/C19H24N2O4S/c22-17(23)10-7-13-5-8-15(9-6-13)20-18(24)16-11-26-12-21(16)19(25)14-3-1-2-4-14/h5-6,8-9,14,16H,1-4,7,10-12H2,(H,20,24)(H,22,23). The molecule has 0 radical (unpaired) electrons. The summed E-state index contributed by atoms with van der Waals surface area (Å²) in [5.74, 6) is 0.435. The maximum Gasteiger partial charge on any atom is 0.303 e. The van der Waals surface area contributed by atoms with E-state index in [9.17, 15) is 14.4 Å². The van der Waals surface area contributed by atoms with Crippen LogP contribution in [0.25, 0.3) is 0 Å². The smallest absolute Gasteiger partial charge is 0.303 e. The summed E-state index contributed by atoms with van der Waals surface area (Å²) in [6, 6.07) is 6.78. The summed E-state index contributed by atoms with van der Waals surface area (Å²) in [5, 5.41) is 11.6. The maximum absolute atomic E-state index is 12.7. The Hall–Kier alpha value is -2.02. The van der Waals surface area contributed by atoms with Crippen molar-refractivity contribution in [1.29, 1.82) is 0 Å². The van der Waals surface area contributed by atoms with Gasteiger partial charge in [-0.3, -0.25) is 14.4 Å². The molecule has 0 aromatic heterocycles. The third-order valence-electron chi connectivity index (χ3n) is 5.02. The lowest BCUT2D eigenvalue weighted by Crippen LogP contribution is -2.46. The van der Waals surface area contributed by atoms with Crippen molar-refractivity contribution in [2.24, 2.45) is 5.92 Å². The fourth-order valence-electron chi connectivity index (χ4n) is 3.52. The molecule has 0 spiro atoms. The topological polar surface area (TPSA) is 86.7 Å². The Bertz CT molecular complexity index is 671. The van der Waals surface area contributed by atoms with E-state index in [1.54, 1.807) is 28.8 Å². The Morgan fingerprint density at radius 2 is 1.85 bits per heavy atom. The van der Waals surface area contributed by atoms with Crippen molar-refractivity contribution >= 4 is 35.2 Å². The molecule has 1 saturated heterocycles. The number of benzene rings is 1. The molecule has 6 nitrogen and oxygen atoms in total. The highest BCUT2D eigenvalue weighted by Crippen LogP contribution is 2.31. The Morgan fingerprint density at radius 1 is 1.15 bits per heavy atom. The molecule has 1 aliphatic heterocycles. The molecule has 0 bridgehead atoms. The van der Waals surface area contributed by atoms with E-state index in [4.69, 9.17) is 5.11 Å². The van der Waals surface area contributed by atoms with Crippen molar-refractivity contribution in [3.63, 3.8) is 0 Å². The summed E-state index contributed by atoms with van der Waals surface area (Å²) >= 11 is 1.62. The van der Waals surface area contributed by atoms with Crippen LogP contribution in [0.2, 0.25) is 0 Å². The molecule has 26 heavy (non-hydrogen) atoms. The van der Waals surface area contributed by atoms with Crippen LogP contribution < -0.4 is 5.32 Å². The van der Waals surface area contributed by atoms with Crippen molar-refractivity contribution in [2.45, 2.75) is 44.6 Å². The first-order chi connectivity index (χ1) is 12.5. The van der Waals surface area contributed by atoms with Crippen LogP contribution in [0.15, 0.2) is 24.3 Å². The second kappa shape index (κ2) is 8.58. The van der Waals surface area contributed by atoms with Crippen LogP contribution in [-0.4, -0.2) is 45.5 Å². The van der Waals surface area contributed by atoms with E-state index in [-0.39, 0.29) is 24.2 Å². The van der Waals surface area contributed by atoms with Gasteiger partial charge in [0.15, 0.2) is 0 Å². The van der Waals surface area contributed by atoms with Crippen LogP contribution in [-0.2, 0) is 20.8 Å². The molecule has 2 aliphatic rings. The molecule has 2 N–H and O–H groups in total. The molecular formula is C19H24N2O4S. The second-order valence-corrected chi connectivity index (χ2v) is 7.88. The molecule has 1 aliphatic carbocycles. The molecule has 1 aromatic rings. The third-order valence-corrected chi connectivity index (χ3v) is 6.03. The first-order valence-corrected chi connectivity index (χ1v) is 10.2. The average molecular weight is 376 g/mol. The molecule has 2 amide bonds. The minimum absolute atomic E-state index is 0.0810. The molecule has 1 atom stereocenters. The fraction of sp³-hybridized carbons (Fsp3) is 0.526. The number of carboxylic acids is 1. The van der Waals surface area contributed by atoms with Crippen molar-refractivity contribution in [2.75, 3.05) is 16.9 Å². The second-order valence-electron chi connectivity index (χ2n) is 6.89. The van der Waals surface area contributed by atoms with Gasteiger partial charge in [0, 0.05) is 23.8 Å². The molecule has 1 unspecified atom stereocenters. The molecule has 7 heteroatoms. The number of anilines is 1. The fourth-order valence-corrected chi connectivity index (χ4v) is 4.68. The third kappa shape index (κ3) is 4.58. The number of amides is 2. The quantitative estimate of drug-likeness (QED) is 0.797.